The predicted octanol–water partition coefficient (Wildman–Crippen LogP) is 2.92. The van der Waals surface area contributed by atoms with E-state index in [1.165, 1.54) is 25.1 Å². The summed E-state index contributed by atoms with van der Waals surface area (Å²) in [4.78, 5) is 26.7. The molecule has 2 aromatic heterocycles. The molecule has 1 aromatic carbocycles. The van der Waals surface area contributed by atoms with E-state index in [9.17, 15) is 22.8 Å². The minimum Gasteiger partial charge on any atom is -0.427 e. The molecule has 0 bridgehead atoms. The van der Waals surface area contributed by atoms with Crippen LogP contribution in [0.15, 0.2) is 45.7 Å². The third kappa shape index (κ3) is 2.87. The number of hydrogen-bond donors (Lipinski definition) is 0. The Hall–Kier alpha value is -3.10. The van der Waals surface area contributed by atoms with Crippen molar-refractivity contribution in [3.05, 3.63) is 52.6 Å². The van der Waals surface area contributed by atoms with Gasteiger partial charge in [-0.3, -0.25) is 4.79 Å². The van der Waals surface area contributed by atoms with Gasteiger partial charge in [0, 0.05) is 19.2 Å². The Morgan fingerprint density at radius 3 is 2.58 bits per heavy atom. The van der Waals surface area contributed by atoms with Crippen LogP contribution in [0.1, 0.15) is 12.5 Å². The quantitative estimate of drug-likeness (QED) is 0.530. The Labute approximate surface area is 132 Å². The van der Waals surface area contributed by atoms with Crippen molar-refractivity contribution >= 4 is 17.1 Å². The van der Waals surface area contributed by atoms with E-state index < -0.39 is 23.5 Å². The van der Waals surface area contributed by atoms with Crippen LogP contribution >= 0.6 is 0 Å². The Morgan fingerprint density at radius 2 is 2.00 bits per heavy atom. The Kier molecular flexibility index (Phi) is 3.63. The highest BCUT2D eigenvalue weighted by Gasteiger charge is 2.30. The number of hydrogen-bond acceptors (Lipinski definition) is 5. The number of esters is 1. The summed E-state index contributed by atoms with van der Waals surface area (Å²) >= 11 is 0. The van der Waals surface area contributed by atoms with E-state index in [0.29, 0.717) is 6.20 Å². The number of carbonyl (C=O) groups excluding carboxylic acids is 1. The maximum atomic E-state index is 12.6. The smallest absolute Gasteiger partial charge is 0.425 e. The third-order valence-electron chi connectivity index (χ3n) is 3.12. The molecule has 0 aliphatic carbocycles. The normalized spacial score (nSPS) is 11.7. The number of carbonyl (C=O) groups is 1. The van der Waals surface area contributed by atoms with E-state index in [4.69, 9.17) is 9.15 Å². The Morgan fingerprint density at radius 1 is 1.25 bits per heavy atom. The van der Waals surface area contributed by atoms with Crippen LogP contribution in [-0.4, -0.2) is 15.5 Å². The molecule has 0 aliphatic rings. The zero-order valence-electron chi connectivity index (χ0n) is 12.1. The highest BCUT2D eigenvalue weighted by molar-refractivity contribution is 5.78. The molecule has 6 nitrogen and oxygen atoms in total. The Balaban J connectivity index is 2.13. The van der Waals surface area contributed by atoms with Crippen molar-refractivity contribution in [2.45, 2.75) is 13.1 Å². The molecule has 9 heteroatoms. The summed E-state index contributed by atoms with van der Waals surface area (Å²) < 4.78 is 48.7. The first-order valence-corrected chi connectivity index (χ1v) is 6.63. The fourth-order valence-corrected chi connectivity index (χ4v) is 2.13. The van der Waals surface area contributed by atoms with E-state index >= 15 is 0 Å². The average Bonchev–Trinajstić information content (AvgIpc) is 2.81. The summed E-state index contributed by atoms with van der Waals surface area (Å²) in [6, 6.07) is 6.06. The second kappa shape index (κ2) is 5.52. The second-order valence-electron chi connectivity index (χ2n) is 4.83. The van der Waals surface area contributed by atoms with Crippen molar-refractivity contribution in [3.63, 3.8) is 0 Å². The molecule has 0 saturated carbocycles. The van der Waals surface area contributed by atoms with Crippen molar-refractivity contribution in [3.8, 4) is 11.6 Å². The highest BCUT2D eigenvalue weighted by atomic mass is 19.4. The van der Waals surface area contributed by atoms with Crippen LogP contribution in [0.5, 0.6) is 5.75 Å². The summed E-state index contributed by atoms with van der Waals surface area (Å²) in [5, 5.41) is 0. The third-order valence-corrected chi connectivity index (χ3v) is 3.12. The summed E-state index contributed by atoms with van der Waals surface area (Å²) in [7, 11) is 0. The van der Waals surface area contributed by atoms with Gasteiger partial charge in [0.15, 0.2) is 5.58 Å². The van der Waals surface area contributed by atoms with Gasteiger partial charge in [-0.2, -0.15) is 13.2 Å². The molecule has 0 N–H and O–H groups in total. The van der Waals surface area contributed by atoms with E-state index in [1.54, 1.807) is 0 Å². The molecule has 0 unspecified atom stereocenters. The van der Waals surface area contributed by atoms with Gasteiger partial charge < -0.3 is 9.15 Å². The zero-order valence-corrected chi connectivity index (χ0v) is 12.1. The summed E-state index contributed by atoms with van der Waals surface area (Å²) in [5.74, 6) is -1.26. The molecule has 0 aliphatic heterocycles. The number of fused-ring (bicyclic) bond motifs is 1. The molecular formula is C15H9F3N2O4. The van der Waals surface area contributed by atoms with E-state index in [1.807, 2.05) is 0 Å². The molecule has 0 spiro atoms. The molecule has 0 amide bonds. The Bertz CT molecular complexity index is 971. The van der Waals surface area contributed by atoms with Gasteiger partial charge in [-0.25, -0.2) is 14.3 Å². The number of rotatable bonds is 2. The lowest BCUT2D eigenvalue weighted by Crippen LogP contribution is -2.14. The minimum atomic E-state index is -4.53. The number of pyridine rings is 1. The number of ether oxygens (including phenoxy) is 1. The first-order chi connectivity index (χ1) is 11.3. The number of nitrogens with zero attached hydrogens (tertiary/aromatic N) is 2. The molecule has 3 aromatic rings. The van der Waals surface area contributed by atoms with Gasteiger partial charge in [0.2, 0.25) is 0 Å². The van der Waals surface area contributed by atoms with Crippen LogP contribution in [0.3, 0.4) is 0 Å². The molecule has 24 heavy (non-hydrogen) atoms. The largest absolute Gasteiger partial charge is 0.427 e. The lowest BCUT2D eigenvalue weighted by molar-refractivity contribution is -0.137. The van der Waals surface area contributed by atoms with Gasteiger partial charge in [0.25, 0.3) is 0 Å². The fraction of sp³-hybridized carbons (Fsp3) is 0.133. The zero-order chi connectivity index (χ0) is 17.5. The van der Waals surface area contributed by atoms with Gasteiger partial charge in [0.05, 0.1) is 5.56 Å². The van der Waals surface area contributed by atoms with Gasteiger partial charge in [-0.15, -0.1) is 0 Å². The van der Waals surface area contributed by atoms with E-state index in [-0.39, 0.29) is 22.7 Å². The molecule has 3 rings (SSSR count). The van der Waals surface area contributed by atoms with Gasteiger partial charge in [-0.1, -0.05) is 0 Å². The number of alkyl halides is 3. The molecule has 0 fully saturated rings. The standard InChI is InChI=1S/C15H9F3N2O4/c1-8(21)23-10-3-4-12-11(6-10)20(14(22)24-12)13-5-2-9(7-19-13)15(16,17)18/h2-7H,1H3. The highest BCUT2D eigenvalue weighted by Crippen LogP contribution is 2.29. The van der Waals surface area contributed by atoms with Crippen molar-refractivity contribution < 1.29 is 27.1 Å². The van der Waals surface area contributed by atoms with Crippen LogP contribution in [0.25, 0.3) is 16.9 Å². The predicted molar refractivity (Wildman–Crippen MR) is 75.9 cm³/mol. The molecular weight excluding hydrogens is 329 g/mol. The number of halogens is 3. The first kappa shape index (κ1) is 15.8. The maximum Gasteiger partial charge on any atom is 0.425 e. The number of benzene rings is 1. The fourth-order valence-electron chi connectivity index (χ4n) is 2.13. The topological polar surface area (TPSA) is 74.3 Å². The molecule has 0 radical (unpaired) electrons. The van der Waals surface area contributed by atoms with Crippen LogP contribution < -0.4 is 10.5 Å². The number of oxazole rings is 1. The van der Waals surface area contributed by atoms with Crippen LogP contribution in [0.4, 0.5) is 13.2 Å². The van der Waals surface area contributed by atoms with Crippen LogP contribution in [0.2, 0.25) is 0 Å². The average molecular weight is 338 g/mol. The lowest BCUT2D eigenvalue weighted by atomic mass is 10.2. The molecule has 124 valence electrons. The van der Waals surface area contributed by atoms with Crippen molar-refractivity contribution in [1.29, 1.82) is 0 Å². The van der Waals surface area contributed by atoms with Crippen molar-refractivity contribution in [1.82, 2.24) is 9.55 Å². The van der Waals surface area contributed by atoms with E-state index in [2.05, 4.69) is 4.98 Å². The SMILES string of the molecule is CC(=O)Oc1ccc2oc(=O)n(-c3ccc(C(F)(F)F)cn3)c2c1. The molecule has 0 atom stereocenters. The van der Waals surface area contributed by atoms with Crippen LogP contribution in [-0.2, 0) is 11.0 Å². The van der Waals surface area contributed by atoms with Gasteiger partial charge >= 0.3 is 17.9 Å². The van der Waals surface area contributed by atoms with Gasteiger partial charge in [-0.05, 0) is 24.3 Å². The van der Waals surface area contributed by atoms with Gasteiger partial charge in [0.1, 0.15) is 17.1 Å². The summed E-state index contributed by atoms with van der Waals surface area (Å²) in [5.41, 5.74) is -0.545. The van der Waals surface area contributed by atoms with Crippen molar-refractivity contribution in [2.75, 3.05) is 0 Å². The summed E-state index contributed by atoms with van der Waals surface area (Å²) in [6.45, 7) is 1.21. The molecule has 2 heterocycles. The second-order valence-corrected chi connectivity index (χ2v) is 4.83. The maximum absolute atomic E-state index is 12.6. The lowest BCUT2D eigenvalue weighted by Gasteiger charge is -2.07. The van der Waals surface area contributed by atoms with E-state index in [0.717, 1.165) is 16.7 Å². The first-order valence-electron chi connectivity index (χ1n) is 6.63. The monoisotopic (exact) mass is 338 g/mol. The van der Waals surface area contributed by atoms with Crippen LogP contribution in [0, 0.1) is 0 Å². The molecule has 0 saturated heterocycles. The number of aromatic nitrogens is 2. The minimum absolute atomic E-state index is 0.0493. The summed E-state index contributed by atoms with van der Waals surface area (Å²) in [6.07, 6.45) is -3.91. The van der Waals surface area contributed by atoms with Crippen molar-refractivity contribution in [2.24, 2.45) is 0 Å².